The largest absolute Gasteiger partial charge is 0.490 e. The average Bonchev–Trinajstić information content (AvgIpc) is 3.37. The molecule has 1 aromatic rings. The van der Waals surface area contributed by atoms with Gasteiger partial charge in [-0.1, -0.05) is 19.1 Å². The van der Waals surface area contributed by atoms with E-state index in [9.17, 15) is 9.59 Å². The van der Waals surface area contributed by atoms with Gasteiger partial charge in [-0.05, 0) is 72.2 Å². The second-order valence-electron chi connectivity index (χ2n) is 7.83. The van der Waals surface area contributed by atoms with Gasteiger partial charge in [0.15, 0.2) is 11.5 Å². The Morgan fingerprint density at radius 1 is 1.21 bits per heavy atom. The standard InChI is InChI=1S/C22H25BrN2O4/c1-4-12(3)29-20-16(23)8-13(9-17(20)28-5-2)11-24-25-21(26)18-14-6-7-15(10-14)19(18)22(25)27/h6-9,11-12,14-15,18-19H,4-5,10H2,1-3H3/t12-,14+,15+,18-,19+/m1/s1. The van der Waals surface area contributed by atoms with E-state index in [-0.39, 0.29) is 41.6 Å². The Bertz CT molecular complexity index is 867. The van der Waals surface area contributed by atoms with Gasteiger partial charge in [0.1, 0.15) is 0 Å². The molecule has 1 aliphatic heterocycles. The molecule has 29 heavy (non-hydrogen) atoms. The van der Waals surface area contributed by atoms with Crippen LogP contribution in [-0.4, -0.2) is 35.7 Å². The Kier molecular flexibility index (Phi) is 5.51. The molecule has 1 saturated heterocycles. The van der Waals surface area contributed by atoms with E-state index >= 15 is 0 Å². The normalized spacial score (nSPS) is 28.5. The molecule has 0 radical (unpaired) electrons. The van der Waals surface area contributed by atoms with Crippen molar-refractivity contribution in [3.63, 3.8) is 0 Å². The van der Waals surface area contributed by atoms with Crippen LogP contribution in [0.5, 0.6) is 11.5 Å². The summed E-state index contributed by atoms with van der Waals surface area (Å²) in [5.74, 6) is 0.738. The highest BCUT2D eigenvalue weighted by molar-refractivity contribution is 9.10. The minimum atomic E-state index is -0.244. The van der Waals surface area contributed by atoms with E-state index in [1.54, 1.807) is 0 Å². The lowest BCUT2D eigenvalue weighted by Crippen LogP contribution is -2.28. The third-order valence-corrected chi connectivity index (χ3v) is 6.58. The fraction of sp³-hybridized carbons (Fsp3) is 0.500. The highest BCUT2D eigenvalue weighted by Gasteiger charge is 2.59. The number of hydrogen-bond acceptors (Lipinski definition) is 5. The number of fused-ring (bicyclic) bond motifs is 5. The number of halogens is 1. The molecule has 4 rings (SSSR count). The van der Waals surface area contributed by atoms with E-state index in [1.807, 2.05) is 26.0 Å². The van der Waals surface area contributed by atoms with E-state index in [0.29, 0.717) is 18.1 Å². The third-order valence-electron chi connectivity index (χ3n) is 6.00. The lowest BCUT2D eigenvalue weighted by atomic mass is 9.85. The number of allylic oxidation sites excluding steroid dienone is 2. The van der Waals surface area contributed by atoms with E-state index in [2.05, 4.69) is 40.1 Å². The summed E-state index contributed by atoms with van der Waals surface area (Å²) in [6.07, 6.45) is 7.52. The number of amides is 2. The van der Waals surface area contributed by atoms with E-state index in [1.165, 1.54) is 6.21 Å². The maximum absolute atomic E-state index is 12.8. The highest BCUT2D eigenvalue weighted by Crippen LogP contribution is 2.52. The third kappa shape index (κ3) is 3.50. The molecule has 1 heterocycles. The van der Waals surface area contributed by atoms with E-state index in [4.69, 9.17) is 9.47 Å². The van der Waals surface area contributed by atoms with Crippen LogP contribution in [0.25, 0.3) is 0 Å². The van der Waals surface area contributed by atoms with Crippen molar-refractivity contribution in [2.24, 2.45) is 28.8 Å². The number of nitrogens with zero attached hydrogens (tertiary/aromatic N) is 2. The van der Waals surface area contributed by atoms with Crippen molar-refractivity contribution >= 4 is 34.0 Å². The first-order valence-electron chi connectivity index (χ1n) is 10.2. The van der Waals surface area contributed by atoms with Crippen LogP contribution < -0.4 is 9.47 Å². The number of hydrazone groups is 1. The van der Waals surface area contributed by atoms with Crippen LogP contribution in [0.1, 0.15) is 39.2 Å². The molecule has 7 heteroatoms. The van der Waals surface area contributed by atoms with Crippen LogP contribution in [0.3, 0.4) is 0 Å². The van der Waals surface area contributed by atoms with Crippen LogP contribution in [0.15, 0.2) is 33.9 Å². The molecule has 2 amide bonds. The fourth-order valence-electron chi connectivity index (χ4n) is 4.45. The number of carbonyl (C=O) groups excluding carboxylic acids is 2. The summed E-state index contributed by atoms with van der Waals surface area (Å²) in [4.78, 5) is 25.5. The van der Waals surface area contributed by atoms with Gasteiger partial charge in [-0.25, -0.2) is 0 Å². The number of imide groups is 1. The van der Waals surface area contributed by atoms with Crippen molar-refractivity contribution in [1.29, 1.82) is 0 Å². The Morgan fingerprint density at radius 2 is 1.86 bits per heavy atom. The number of rotatable bonds is 7. The van der Waals surface area contributed by atoms with Crippen LogP contribution in [0.4, 0.5) is 0 Å². The Morgan fingerprint density at radius 3 is 2.45 bits per heavy atom. The molecule has 0 aromatic heterocycles. The molecule has 3 aliphatic rings. The monoisotopic (exact) mass is 460 g/mol. The summed E-state index contributed by atoms with van der Waals surface area (Å²) in [6, 6.07) is 3.66. The van der Waals surface area contributed by atoms with Crippen LogP contribution >= 0.6 is 15.9 Å². The second-order valence-corrected chi connectivity index (χ2v) is 8.69. The molecular weight excluding hydrogens is 436 g/mol. The van der Waals surface area contributed by atoms with Gasteiger partial charge >= 0.3 is 0 Å². The van der Waals surface area contributed by atoms with Gasteiger partial charge < -0.3 is 9.47 Å². The summed E-state index contributed by atoms with van der Waals surface area (Å²) < 4.78 is 12.5. The van der Waals surface area contributed by atoms with Crippen molar-refractivity contribution in [3.8, 4) is 11.5 Å². The van der Waals surface area contributed by atoms with Crippen molar-refractivity contribution < 1.29 is 19.1 Å². The van der Waals surface area contributed by atoms with Gasteiger partial charge in [0.2, 0.25) is 0 Å². The summed E-state index contributed by atoms with van der Waals surface area (Å²) in [5, 5.41) is 5.30. The van der Waals surface area contributed by atoms with Crippen molar-refractivity contribution in [2.75, 3.05) is 6.61 Å². The minimum absolute atomic E-state index is 0.0493. The average molecular weight is 461 g/mol. The lowest BCUT2D eigenvalue weighted by molar-refractivity contribution is -0.140. The Hall–Kier alpha value is -2.15. The zero-order valence-corrected chi connectivity index (χ0v) is 18.4. The lowest BCUT2D eigenvalue weighted by Gasteiger charge is -2.18. The highest BCUT2D eigenvalue weighted by atomic mass is 79.9. The van der Waals surface area contributed by atoms with Crippen LogP contribution in [0.2, 0.25) is 0 Å². The second kappa shape index (κ2) is 7.94. The van der Waals surface area contributed by atoms with Crippen molar-refractivity contribution in [3.05, 3.63) is 34.3 Å². The molecule has 0 spiro atoms. The van der Waals surface area contributed by atoms with Gasteiger partial charge in [0, 0.05) is 0 Å². The fourth-order valence-corrected chi connectivity index (χ4v) is 5.00. The first-order valence-corrected chi connectivity index (χ1v) is 11.0. The molecule has 1 aromatic carbocycles. The van der Waals surface area contributed by atoms with Crippen molar-refractivity contribution in [1.82, 2.24) is 5.01 Å². The minimum Gasteiger partial charge on any atom is -0.490 e. The summed E-state index contributed by atoms with van der Waals surface area (Å²) >= 11 is 3.54. The van der Waals surface area contributed by atoms with Gasteiger partial charge in [0.25, 0.3) is 11.8 Å². The summed E-state index contributed by atoms with van der Waals surface area (Å²) in [6.45, 7) is 6.46. The van der Waals surface area contributed by atoms with Crippen molar-refractivity contribution in [2.45, 2.75) is 39.7 Å². The number of benzene rings is 1. The number of hydrogen-bond donors (Lipinski definition) is 0. The molecule has 1 saturated carbocycles. The molecule has 5 atom stereocenters. The molecule has 6 nitrogen and oxygen atoms in total. The SMILES string of the molecule is CCOc1cc(C=NN2C(=O)[C@@H]3[C@H](C2=O)[C@H]2C=C[C@H]3C2)cc(Br)c1O[C@H](C)CC. The van der Waals surface area contributed by atoms with Gasteiger partial charge in [-0.3, -0.25) is 9.59 Å². The predicted molar refractivity (Wildman–Crippen MR) is 113 cm³/mol. The Labute approximate surface area is 179 Å². The quantitative estimate of drug-likeness (QED) is 0.347. The number of carbonyl (C=O) groups is 2. The maximum Gasteiger partial charge on any atom is 0.254 e. The van der Waals surface area contributed by atoms with Gasteiger partial charge in [0.05, 0.1) is 35.2 Å². The van der Waals surface area contributed by atoms with E-state index < -0.39 is 0 Å². The zero-order valence-electron chi connectivity index (χ0n) is 16.8. The molecule has 2 bridgehead atoms. The first-order chi connectivity index (χ1) is 13.9. The maximum atomic E-state index is 12.8. The molecule has 2 fully saturated rings. The zero-order chi connectivity index (χ0) is 20.7. The molecule has 154 valence electrons. The molecule has 0 N–H and O–H groups in total. The smallest absolute Gasteiger partial charge is 0.254 e. The van der Waals surface area contributed by atoms with Crippen LogP contribution in [0, 0.1) is 23.7 Å². The topological polar surface area (TPSA) is 68.2 Å². The predicted octanol–water partition coefficient (Wildman–Crippen LogP) is 4.17. The summed E-state index contributed by atoms with van der Waals surface area (Å²) in [7, 11) is 0. The molecule has 2 aliphatic carbocycles. The van der Waals surface area contributed by atoms with E-state index in [0.717, 1.165) is 27.9 Å². The molecule has 0 unspecified atom stereocenters. The number of ether oxygens (including phenoxy) is 2. The summed E-state index contributed by atoms with van der Waals surface area (Å²) in [5.41, 5.74) is 0.718. The first kappa shape index (κ1) is 20.1. The Balaban J connectivity index is 1.57. The van der Waals surface area contributed by atoms with Gasteiger partial charge in [-0.15, -0.1) is 0 Å². The van der Waals surface area contributed by atoms with Gasteiger partial charge in [-0.2, -0.15) is 10.1 Å². The molecular formula is C22H25BrN2O4. The van der Waals surface area contributed by atoms with Crippen LogP contribution in [-0.2, 0) is 9.59 Å².